The molecule has 0 heterocycles. The summed E-state index contributed by atoms with van der Waals surface area (Å²) < 4.78 is 0. The van der Waals surface area contributed by atoms with E-state index in [2.05, 4.69) is 0 Å². The van der Waals surface area contributed by atoms with Gasteiger partial charge in [-0.25, -0.2) is 0 Å². The molecule has 2 aromatic rings. The number of phenols is 1. The van der Waals surface area contributed by atoms with Crippen LogP contribution in [0.25, 0.3) is 10.8 Å². The Kier molecular flexibility index (Phi) is 3.56. The molecule has 15 heavy (non-hydrogen) atoms. The van der Waals surface area contributed by atoms with E-state index in [0.717, 1.165) is 16.3 Å². The summed E-state index contributed by atoms with van der Waals surface area (Å²) in [6.07, 6.45) is 0. The summed E-state index contributed by atoms with van der Waals surface area (Å²) in [7, 11) is 0. The number of rotatable bonds is 1. The lowest BCUT2D eigenvalue weighted by Crippen LogP contribution is -2.04. The fourth-order valence-corrected chi connectivity index (χ4v) is 1.64. The Balaban J connectivity index is 0.00000112. The van der Waals surface area contributed by atoms with E-state index in [9.17, 15) is 5.11 Å². The van der Waals surface area contributed by atoms with E-state index in [-0.39, 0.29) is 18.4 Å². The minimum atomic E-state index is -0.139. The molecule has 2 rings (SSSR count). The molecule has 2 nitrogen and oxygen atoms in total. The predicted octanol–water partition coefficient (Wildman–Crippen LogP) is 2.99. The van der Waals surface area contributed by atoms with Crippen molar-refractivity contribution in [3.63, 3.8) is 0 Å². The van der Waals surface area contributed by atoms with Gasteiger partial charge in [0, 0.05) is 17.0 Å². The number of fused-ring (bicyclic) bond motifs is 1. The summed E-state index contributed by atoms with van der Waals surface area (Å²) in [6.45, 7) is 1.86. The SMILES string of the molecule is CC(N)c1ccc2ccccc2c1O.Cl. The summed E-state index contributed by atoms with van der Waals surface area (Å²) in [6, 6.07) is 11.5. The zero-order chi connectivity index (χ0) is 10.1. The fraction of sp³-hybridized carbons (Fsp3) is 0.167. The van der Waals surface area contributed by atoms with Gasteiger partial charge in [0.2, 0.25) is 0 Å². The van der Waals surface area contributed by atoms with E-state index in [1.165, 1.54) is 0 Å². The average molecular weight is 224 g/mol. The second-order valence-electron chi connectivity index (χ2n) is 3.51. The minimum absolute atomic E-state index is 0. The molecule has 80 valence electrons. The molecule has 0 fully saturated rings. The number of aromatic hydroxyl groups is 1. The minimum Gasteiger partial charge on any atom is -0.507 e. The van der Waals surface area contributed by atoms with Crippen LogP contribution in [0.1, 0.15) is 18.5 Å². The molecule has 0 spiro atoms. The molecule has 0 amide bonds. The van der Waals surface area contributed by atoms with Gasteiger partial charge in [-0.05, 0) is 12.3 Å². The first-order valence-corrected chi connectivity index (χ1v) is 4.66. The molecule has 1 unspecified atom stereocenters. The van der Waals surface area contributed by atoms with Crippen LogP contribution in [0.4, 0.5) is 0 Å². The van der Waals surface area contributed by atoms with Crippen LogP contribution in [-0.4, -0.2) is 5.11 Å². The Bertz CT molecular complexity index is 468. The van der Waals surface area contributed by atoms with Crippen molar-refractivity contribution in [3.05, 3.63) is 42.0 Å². The lowest BCUT2D eigenvalue weighted by atomic mass is 10.0. The van der Waals surface area contributed by atoms with Crippen LogP contribution in [0.5, 0.6) is 5.75 Å². The maximum atomic E-state index is 9.94. The Hall–Kier alpha value is -1.25. The molecule has 0 aliphatic carbocycles. The average Bonchev–Trinajstić information content (AvgIpc) is 2.18. The molecule has 3 heteroatoms. The number of halogens is 1. The van der Waals surface area contributed by atoms with Gasteiger partial charge < -0.3 is 10.8 Å². The van der Waals surface area contributed by atoms with Crippen molar-refractivity contribution in [3.8, 4) is 5.75 Å². The van der Waals surface area contributed by atoms with Gasteiger partial charge in [-0.2, -0.15) is 0 Å². The highest BCUT2D eigenvalue weighted by atomic mass is 35.5. The highest BCUT2D eigenvalue weighted by Gasteiger charge is 2.08. The van der Waals surface area contributed by atoms with E-state index in [0.29, 0.717) is 5.75 Å². The number of hydrogen-bond acceptors (Lipinski definition) is 2. The van der Waals surface area contributed by atoms with Crippen molar-refractivity contribution < 1.29 is 5.11 Å². The first-order chi connectivity index (χ1) is 6.70. The number of benzene rings is 2. The maximum absolute atomic E-state index is 9.94. The van der Waals surface area contributed by atoms with E-state index < -0.39 is 0 Å². The van der Waals surface area contributed by atoms with Crippen LogP contribution in [0.2, 0.25) is 0 Å². The quantitative estimate of drug-likeness (QED) is 0.781. The summed E-state index contributed by atoms with van der Waals surface area (Å²) >= 11 is 0. The lowest BCUT2D eigenvalue weighted by molar-refractivity contribution is 0.470. The van der Waals surface area contributed by atoms with Gasteiger partial charge in [0.05, 0.1) is 0 Å². The molecule has 0 saturated heterocycles. The molecule has 0 bridgehead atoms. The molecule has 3 N–H and O–H groups in total. The Morgan fingerprint density at radius 3 is 2.47 bits per heavy atom. The largest absolute Gasteiger partial charge is 0.507 e. The lowest BCUT2D eigenvalue weighted by Gasteiger charge is -2.10. The highest BCUT2D eigenvalue weighted by molar-refractivity contribution is 5.89. The normalized spacial score (nSPS) is 12.1. The van der Waals surface area contributed by atoms with E-state index in [1.807, 2.05) is 43.3 Å². The van der Waals surface area contributed by atoms with Crippen molar-refractivity contribution in [2.45, 2.75) is 13.0 Å². The molecule has 0 aliphatic rings. The van der Waals surface area contributed by atoms with Gasteiger partial charge >= 0.3 is 0 Å². The second kappa shape index (κ2) is 4.51. The summed E-state index contributed by atoms with van der Waals surface area (Å²) in [5.41, 5.74) is 6.54. The third-order valence-electron chi connectivity index (χ3n) is 2.42. The predicted molar refractivity (Wildman–Crippen MR) is 65.5 cm³/mol. The first kappa shape index (κ1) is 11.8. The van der Waals surface area contributed by atoms with Crippen LogP contribution in [-0.2, 0) is 0 Å². The first-order valence-electron chi connectivity index (χ1n) is 4.66. The molecule has 2 aromatic carbocycles. The van der Waals surface area contributed by atoms with Gasteiger partial charge in [0.1, 0.15) is 5.75 Å². The number of phenolic OH excluding ortho intramolecular Hbond substituents is 1. The maximum Gasteiger partial charge on any atom is 0.128 e. The molecule has 1 atom stereocenters. The van der Waals surface area contributed by atoms with Crippen LogP contribution in [0.3, 0.4) is 0 Å². The van der Waals surface area contributed by atoms with Crippen molar-refractivity contribution in [1.82, 2.24) is 0 Å². The fourth-order valence-electron chi connectivity index (χ4n) is 1.64. The summed E-state index contributed by atoms with van der Waals surface area (Å²) in [5.74, 6) is 0.304. The van der Waals surface area contributed by atoms with Crippen LogP contribution >= 0.6 is 12.4 Å². The summed E-state index contributed by atoms with van der Waals surface area (Å²) in [4.78, 5) is 0. The van der Waals surface area contributed by atoms with Crippen molar-refractivity contribution in [2.24, 2.45) is 5.73 Å². The highest BCUT2D eigenvalue weighted by Crippen LogP contribution is 2.31. The number of hydrogen-bond donors (Lipinski definition) is 2. The van der Waals surface area contributed by atoms with Crippen LogP contribution in [0.15, 0.2) is 36.4 Å². The monoisotopic (exact) mass is 223 g/mol. The smallest absolute Gasteiger partial charge is 0.128 e. The van der Waals surface area contributed by atoms with E-state index in [4.69, 9.17) is 5.73 Å². The molecule has 0 saturated carbocycles. The van der Waals surface area contributed by atoms with Crippen LogP contribution < -0.4 is 5.73 Å². The third kappa shape index (κ3) is 2.06. The van der Waals surface area contributed by atoms with E-state index >= 15 is 0 Å². The van der Waals surface area contributed by atoms with Gasteiger partial charge in [-0.1, -0.05) is 36.4 Å². The molecule has 0 aliphatic heterocycles. The molecular weight excluding hydrogens is 210 g/mol. The Morgan fingerprint density at radius 2 is 1.80 bits per heavy atom. The van der Waals surface area contributed by atoms with Gasteiger partial charge in [0.25, 0.3) is 0 Å². The molecular formula is C12H14ClNO. The van der Waals surface area contributed by atoms with Crippen molar-refractivity contribution in [1.29, 1.82) is 0 Å². The third-order valence-corrected chi connectivity index (χ3v) is 2.42. The topological polar surface area (TPSA) is 46.2 Å². The Labute approximate surface area is 95.1 Å². The van der Waals surface area contributed by atoms with Crippen LogP contribution in [0, 0.1) is 0 Å². The standard InChI is InChI=1S/C12H13NO.ClH/c1-8(13)10-7-6-9-4-2-3-5-11(9)12(10)14;/h2-8,14H,13H2,1H3;1H. The Morgan fingerprint density at radius 1 is 1.13 bits per heavy atom. The molecule has 0 radical (unpaired) electrons. The van der Waals surface area contributed by atoms with E-state index in [1.54, 1.807) is 0 Å². The summed E-state index contributed by atoms with van der Waals surface area (Å²) in [5, 5.41) is 11.8. The number of nitrogens with two attached hydrogens (primary N) is 1. The molecule has 0 aromatic heterocycles. The van der Waals surface area contributed by atoms with Gasteiger partial charge in [-0.3, -0.25) is 0 Å². The van der Waals surface area contributed by atoms with Crippen molar-refractivity contribution >= 4 is 23.2 Å². The van der Waals surface area contributed by atoms with Gasteiger partial charge in [-0.15, -0.1) is 12.4 Å². The zero-order valence-electron chi connectivity index (χ0n) is 8.47. The second-order valence-corrected chi connectivity index (χ2v) is 3.51. The zero-order valence-corrected chi connectivity index (χ0v) is 9.29. The van der Waals surface area contributed by atoms with Crippen molar-refractivity contribution in [2.75, 3.05) is 0 Å². The van der Waals surface area contributed by atoms with Gasteiger partial charge in [0.15, 0.2) is 0 Å².